The van der Waals surface area contributed by atoms with Crippen LogP contribution in [0.4, 0.5) is 5.95 Å². The summed E-state index contributed by atoms with van der Waals surface area (Å²) in [6.07, 6.45) is 1.40. The molecule has 0 amide bonds. The first kappa shape index (κ1) is 17.5. The first-order valence-corrected chi connectivity index (χ1v) is 7.54. The number of aromatic nitrogens is 3. The Morgan fingerprint density at radius 2 is 2.12 bits per heavy atom. The minimum Gasteiger partial charge on any atom is -0.504 e. The van der Waals surface area contributed by atoms with Gasteiger partial charge in [-0.1, -0.05) is 26.8 Å². The van der Waals surface area contributed by atoms with E-state index in [-0.39, 0.29) is 17.3 Å². The highest BCUT2D eigenvalue weighted by Gasteiger charge is 2.20. The number of anilines is 1. The van der Waals surface area contributed by atoms with Crippen LogP contribution in [-0.2, 0) is 5.41 Å². The summed E-state index contributed by atoms with van der Waals surface area (Å²) in [7, 11) is 0. The number of hydrazone groups is 1. The van der Waals surface area contributed by atoms with Gasteiger partial charge in [0, 0.05) is 11.0 Å². The van der Waals surface area contributed by atoms with Crippen molar-refractivity contribution in [1.29, 1.82) is 0 Å². The lowest BCUT2D eigenvalue weighted by Crippen LogP contribution is -2.28. The lowest BCUT2D eigenvalue weighted by atomic mass is 9.93. The quantitative estimate of drug-likeness (QED) is 0.571. The number of rotatable bonds is 5. The summed E-state index contributed by atoms with van der Waals surface area (Å²) in [5.74, 6) is 0.487. The van der Waals surface area contributed by atoms with E-state index in [1.54, 1.807) is 18.2 Å². The molecule has 0 spiro atoms. The van der Waals surface area contributed by atoms with Crippen molar-refractivity contribution in [1.82, 2.24) is 15.2 Å². The maximum Gasteiger partial charge on any atom is 0.274 e. The van der Waals surface area contributed by atoms with Crippen molar-refractivity contribution in [3.05, 3.63) is 39.8 Å². The Kier molecular flexibility index (Phi) is 5.18. The zero-order chi connectivity index (χ0) is 17.7. The van der Waals surface area contributed by atoms with Crippen molar-refractivity contribution < 1.29 is 9.84 Å². The third-order valence-corrected chi connectivity index (χ3v) is 3.11. The van der Waals surface area contributed by atoms with E-state index in [0.717, 1.165) is 0 Å². The van der Waals surface area contributed by atoms with Crippen molar-refractivity contribution in [3.8, 4) is 11.5 Å². The van der Waals surface area contributed by atoms with Crippen LogP contribution in [0.15, 0.2) is 28.1 Å². The van der Waals surface area contributed by atoms with E-state index in [2.05, 4.69) is 25.7 Å². The average Bonchev–Trinajstić information content (AvgIpc) is 2.50. The number of aromatic hydroxyl groups is 1. The summed E-state index contributed by atoms with van der Waals surface area (Å²) in [5, 5.41) is 21.8. The molecule has 0 aliphatic rings. The van der Waals surface area contributed by atoms with E-state index in [9.17, 15) is 9.90 Å². The van der Waals surface area contributed by atoms with Gasteiger partial charge in [0.25, 0.3) is 5.56 Å². The van der Waals surface area contributed by atoms with E-state index in [4.69, 9.17) is 4.74 Å². The summed E-state index contributed by atoms with van der Waals surface area (Å²) in [6.45, 7) is 7.92. The van der Waals surface area contributed by atoms with Gasteiger partial charge >= 0.3 is 0 Å². The van der Waals surface area contributed by atoms with Gasteiger partial charge in [-0.2, -0.15) is 5.10 Å². The molecule has 0 aliphatic carbocycles. The van der Waals surface area contributed by atoms with Gasteiger partial charge in [-0.05, 0) is 19.1 Å². The molecule has 24 heavy (non-hydrogen) atoms. The van der Waals surface area contributed by atoms with Gasteiger partial charge in [0.2, 0.25) is 5.95 Å². The van der Waals surface area contributed by atoms with E-state index in [0.29, 0.717) is 23.6 Å². The van der Waals surface area contributed by atoms with Gasteiger partial charge in [0.15, 0.2) is 11.5 Å². The predicted octanol–water partition coefficient (Wildman–Crippen LogP) is 2.01. The monoisotopic (exact) mass is 331 g/mol. The molecular formula is C16H21N5O3. The molecular weight excluding hydrogens is 310 g/mol. The van der Waals surface area contributed by atoms with Gasteiger partial charge in [0.05, 0.1) is 12.8 Å². The van der Waals surface area contributed by atoms with E-state index in [1.165, 1.54) is 6.21 Å². The predicted molar refractivity (Wildman–Crippen MR) is 91.8 cm³/mol. The number of H-pyrrole nitrogens is 1. The van der Waals surface area contributed by atoms with Gasteiger partial charge in [-0.15, -0.1) is 10.2 Å². The zero-order valence-electron chi connectivity index (χ0n) is 14.1. The second-order valence-electron chi connectivity index (χ2n) is 6.10. The number of nitrogens with one attached hydrogen (secondary N) is 2. The number of aromatic amines is 1. The molecule has 1 heterocycles. The van der Waals surface area contributed by atoms with Crippen LogP contribution in [0.25, 0.3) is 0 Å². The second-order valence-corrected chi connectivity index (χ2v) is 6.10. The fraction of sp³-hybridized carbons (Fsp3) is 0.375. The van der Waals surface area contributed by atoms with Crippen LogP contribution in [-0.4, -0.2) is 33.1 Å². The number of ether oxygens (including phenoxy) is 1. The number of phenolic OH excluding ortho intramolecular Hbond substituents is 1. The summed E-state index contributed by atoms with van der Waals surface area (Å²) < 4.78 is 5.30. The lowest BCUT2D eigenvalue weighted by Gasteiger charge is -2.15. The number of benzene rings is 1. The first-order valence-electron chi connectivity index (χ1n) is 7.54. The SMILES string of the molecule is CCOc1cccc(/C=N/Nc2nnc(C(C)(C)C)c(=O)[nH]2)c1O. The molecule has 0 radical (unpaired) electrons. The largest absolute Gasteiger partial charge is 0.504 e. The van der Waals surface area contributed by atoms with Crippen LogP contribution < -0.4 is 15.7 Å². The molecule has 8 heteroatoms. The maximum absolute atomic E-state index is 12.0. The van der Waals surface area contributed by atoms with Crippen molar-refractivity contribution in [3.63, 3.8) is 0 Å². The van der Waals surface area contributed by atoms with Crippen LogP contribution in [0.5, 0.6) is 11.5 Å². The Hall–Kier alpha value is -2.90. The first-order chi connectivity index (χ1) is 11.3. The van der Waals surface area contributed by atoms with Crippen molar-refractivity contribution >= 4 is 12.2 Å². The number of phenols is 1. The van der Waals surface area contributed by atoms with Crippen molar-refractivity contribution in [2.24, 2.45) is 5.10 Å². The molecule has 0 saturated heterocycles. The Bertz CT molecular complexity index is 793. The molecule has 128 valence electrons. The van der Waals surface area contributed by atoms with Crippen LogP contribution >= 0.6 is 0 Å². The summed E-state index contributed by atoms with van der Waals surface area (Å²) in [5.41, 5.74) is 2.68. The molecule has 0 saturated carbocycles. The summed E-state index contributed by atoms with van der Waals surface area (Å²) in [6, 6.07) is 5.09. The fourth-order valence-electron chi connectivity index (χ4n) is 1.96. The third kappa shape index (κ3) is 4.09. The number of nitrogens with zero attached hydrogens (tertiary/aromatic N) is 3. The molecule has 0 fully saturated rings. The van der Waals surface area contributed by atoms with Crippen LogP contribution in [0.2, 0.25) is 0 Å². The summed E-state index contributed by atoms with van der Waals surface area (Å²) >= 11 is 0. The van der Waals surface area contributed by atoms with Gasteiger partial charge in [-0.25, -0.2) is 5.43 Å². The standard InChI is InChI=1S/C16H21N5O3/c1-5-24-11-8-6-7-10(12(11)22)9-17-20-15-18-14(23)13(19-21-15)16(2,3)4/h6-9,22H,5H2,1-4H3,(H2,18,20,21,23)/b17-9+. The molecule has 0 aliphatic heterocycles. The number of para-hydroxylation sites is 1. The molecule has 8 nitrogen and oxygen atoms in total. The zero-order valence-corrected chi connectivity index (χ0v) is 14.1. The molecule has 2 aromatic rings. The van der Waals surface area contributed by atoms with Gasteiger partial charge < -0.3 is 9.84 Å². The number of hydrogen-bond acceptors (Lipinski definition) is 7. The molecule has 2 rings (SSSR count). The Morgan fingerprint density at radius 1 is 1.38 bits per heavy atom. The number of hydrogen-bond donors (Lipinski definition) is 3. The molecule has 1 aromatic heterocycles. The van der Waals surface area contributed by atoms with Gasteiger partial charge in [-0.3, -0.25) is 9.78 Å². The second kappa shape index (κ2) is 7.12. The van der Waals surface area contributed by atoms with E-state index >= 15 is 0 Å². The third-order valence-electron chi connectivity index (χ3n) is 3.11. The summed E-state index contributed by atoms with van der Waals surface area (Å²) in [4.78, 5) is 14.6. The van der Waals surface area contributed by atoms with Crippen molar-refractivity contribution in [2.75, 3.05) is 12.0 Å². The highest BCUT2D eigenvalue weighted by Crippen LogP contribution is 2.28. The van der Waals surface area contributed by atoms with Crippen molar-refractivity contribution in [2.45, 2.75) is 33.1 Å². The normalized spacial score (nSPS) is 11.7. The molecule has 3 N–H and O–H groups in total. The Balaban J connectivity index is 2.14. The van der Waals surface area contributed by atoms with Gasteiger partial charge in [0.1, 0.15) is 5.69 Å². The average molecular weight is 331 g/mol. The van der Waals surface area contributed by atoms with E-state index < -0.39 is 5.41 Å². The maximum atomic E-state index is 12.0. The molecule has 0 bridgehead atoms. The minimum atomic E-state index is -0.395. The molecule has 0 atom stereocenters. The highest BCUT2D eigenvalue weighted by molar-refractivity contribution is 5.85. The fourth-order valence-corrected chi connectivity index (χ4v) is 1.96. The van der Waals surface area contributed by atoms with Crippen LogP contribution in [0.1, 0.15) is 39.0 Å². The lowest BCUT2D eigenvalue weighted by molar-refractivity contribution is 0.318. The van der Waals surface area contributed by atoms with Crippen LogP contribution in [0.3, 0.4) is 0 Å². The molecule has 0 unspecified atom stereocenters. The highest BCUT2D eigenvalue weighted by atomic mass is 16.5. The molecule has 1 aromatic carbocycles. The van der Waals surface area contributed by atoms with Crippen LogP contribution in [0, 0.1) is 0 Å². The van der Waals surface area contributed by atoms with E-state index in [1.807, 2.05) is 27.7 Å². The minimum absolute atomic E-state index is 0.00689. The smallest absolute Gasteiger partial charge is 0.274 e. The Labute approximate surface area is 139 Å². The Morgan fingerprint density at radius 3 is 2.75 bits per heavy atom. The topological polar surface area (TPSA) is 112 Å².